The van der Waals surface area contributed by atoms with Gasteiger partial charge in [-0.2, -0.15) is 0 Å². The molecule has 0 unspecified atom stereocenters. The minimum Gasteiger partial charge on any atom is -0.481 e. The maximum atomic E-state index is 10.7. The summed E-state index contributed by atoms with van der Waals surface area (Å²) in [6, 6.07) is 6.73. The zero-order valence-corrected chi connectivity index (χ0v) is 8.14. The summed E-state index contributed by atoms with van der Waals surface area (Å²) >= 11 is 0. The number of H-pyrrole nitrogens is 1. The van der Waals surface area contributed by atoms with Crippen LogP contribution in [0.4, 0.5) is 0 Å². The molecule has 0 spiro atoms. The quantitative estimate of drug-likeness (QED) is 0.791. The van der Waals surface area contributed by atoms with E-state index in [-0.39, 0.29) is 12.2 Å². The number of aromatic amines is 1. The van der Waals surface area contributed by atoms with Gasteiger partial charge in [0, 0.05) is 5.56 Å². The molecule has 1 heterocycles. The van der Waals surface area contributed by atoms with Crippen molar-refractivity contribution in [1.29, 1.82) is 0 Å². The Labute approximate surface area is 89.5 Å². The number of hydrogen-bond acceptors (Lipinski definition) is 4. The first-order valence-electron chi connectivity index (χ1n) is 4.52. The number of hydrogen-bond donors (Lipinski definition) is 2. The Bertz CT molecular complexity index is 570. The van der Waals surface area contributed by atoms with Crippen LogP contribution >= 0.6 is 0 Å². The van der Waals surface area contributed by atoms with Gasteiger partial charge in [-0.25, -0.2) is 4.79 Å². The number of carboxylic acid groups (broad SMARTS) is 1. The van der Waals surface area contributed by atoms with Crippen LogP contribution in [0.25, 0.3) is 11.4 Å². The summed E-state index contributed by atoms with van der Waals surface area (Å²) in [7, 11) is 0. The van der Waals surface area contributed by atoms with E-state index in [9.17, 15) is 9.59 Å². The molecule has 2 aromatic rings. The molecule has 0 saturated carbocycles. The monoisotopic (exact) mass is 220 g/mol. The summed E-state index contributed by atoms with van der Waals surface area (Å²) in [5.74, 6) is -1.26. The smallest absolute Gasteiger partial charge is 0.439 e. The van der Waals surface area contributed by atoms with Gasteiger partial charge in [-0.15, -0.1) is 0 Å². The van der Waals surface area contributed by atoms with Gasteiger partial charge in [0.05, 0.1) is 6.42 Å². The van der Waals surface area contributed by atoms with Gasteiger partial charge in [-0.3, -0.25) is 14.3 Å². The summed E-state index contributed by atoms with van der Waals surface area (Å²) in [6.07, 6.45) is -0.0735. The predicted octanol–water partition coefficient (Wildman–Crippen LogP) is 0.657. The molecule has 2 N–H and O–H groups in total. The van der Waals surface area contributed by atoms with Crippen molar-refractivity contribution in [1.82, 2.24) is 10.1 Å². The summed E-state index contributed by atoms with van der Waals surface area (Å²) in [5, 5.41) is 12.2. The van der Waals surface area contributed by atoms with Gasteiger partial charge < -0.3 is 5.11 Å². The lowest BCUT2D eigenvalue weighted by atomic mass is 10.1. The van der Waals surface area contributed by atoms with Crippen LogP contribution in [0, 0.1) is 0 Å². The molecule has 0 amide bonds. The summed E-state index contributed by atoms with van der Waals surface area (Å²) in [4.78, 5) is 23.7. The second-order valence-electron chi connectivity index (χ2n) is 3.21. The van der Waals surface area contributed by atoms with E-state index in [0.717, 1.165) is 0 Å². The molecule has 1 aromatic carbocycles. The summed E-state index contributed by atoms with van der Waals surface area (Å²) in [6.45, 7) is 0. The van der Waals surface area contributed by atoms with Crippen molar-refractivity contribution in [3.63, 3.8) is 0 Å². The Balaban J connectivity index is 2.35. The topological polar surface area (TPSA) is 96.2 Å². The van der Waals surface area contributed by atoms with Crippen molar-refractivity contribution in [2.24, 2.45) is 0 Å². The number of rotatable bonds is 3. The summed E-state index contributed by atoms with van der Waals surface area (Å²) in [5.41, 5.74) is 1.25. The molecule has 1 aromatic heterocycles. The molecule has 0 fully saturated rings. The SMILES string of the molecule is O=C(O)Cc1cccc(-c2noc(=O)[nH]2)c1. The molecule has 0 radical (unpaired) electrons. The lowest BCUT2D eigenvalue weighted by Gasteiger charge is -1.99. The standard InChI is InChI=1S/C10H8N2O4/c13-8(14)5-6-2-1-3-7(4-6)9-11-10(15)16-12-9/h1-4H,5H2,(H,13,14)(H,11,12,15). The van der Waals surface area contributed by atoms with Crippen molar-refractivity contribution < 1.29 is 14.4 Å². The molecule has 6 nitrogen and oxygen atoms in total. The zero-order chi connectivity index (χ0) is 11.5. The van der Waals surface area contributed by atoms with Crippen LogP contribution < -0.4 is 5.76 Å². The number of nitrogens with one attached hydrogen (secondary N) is 1. The normalized spacial score (nSPS) is 10.2. The lowest BCUT2D eigenvalue weighted by molar-refractivity contribution is -0.136. The first-order chi connectivity index (χ1) is 7.65. The Morgan fingerprint density at radius 3 is 2.94 bits per heavy atom. The molecule has 0 aliphatic rings. The molecule has 2 rings (SSSR count). The highest BCUT2D eigenvalue weighted by Crippen LogP contribution is 2.15. The van der Waals surface area contributed by atoms with Gasteiger partial charge in [0.25, 0.3) is 0 Å². The highest BCUT2D eigenvalue weighted by Gasteiger charge is 2.06. The average molecular weight is 220 g/mol. The van der Waals surface area contributed by atoms with Crippen LogP contribution in [0.5, 0.6) is 0 Å². The zero-order valence-electron chi connectivity index (χ0n) is 8.14. The Hall–Kier alpha value is -2.37. The third-order valence-electron chi connectivity index (χ3n) is 2.00. The van der Waals surface area contributed by atoms with Crippen LogP contribution in [0.1, 0.15) is 5.56 Å². The lowest BCUT2D eigenvalue weighted by Crippen LogP contribution is -2.00. The molecular weight excluding hydrogens is 212 g/mol. The number of carbonyl (C=O) groups is 1. The van der Waals surface area contributed by atoms with Crippen LogP contribution in [-0.4, -0.2) is 21.2 Å². The highest BCUT2D eigenvalue weighted by atomic mass is 16.5. The van der Waals surface area contributed by atoms with Crippen molar-refractivity contribution >= 4 is 5.97 Å². The van der Waals surface area contributed by atoms with Gasteiger partial charge in [0.2, 0.25) is 0 Å². The van der Waals surface area contributed by atoms with E-state index in [4.69, 9.17) is 5.11 Å². The van der Waals surface area contributed by atoms with Gasteiger partial charge in [0.15, 0.2) is 5.82 Å². The van der Waals surface area contributed by atoms with Crippen LogP contribution in [-0.2, 0) is 11.2 Å². The number of carboxylic acids is 1. The molecule has 6 heteroatoms. The van der Waals surface area contributed by atoms with E-state index in [1.165, 1.54) is 0 Å². The second-order valence-corrected chi connectivity index (χ2v) is 3.21. The van der Waals surface area contributed by atoms with Crippen LogP contribution in [0.3, 0.4) is 0 Å². The number of aromatic nitrogens is 2. The molecular formula is C10H8N2O4. The van der Waals surface area contributed by atoms with Crippen molar-refractivity contribution in [2.45, 2.75) is 6.42 Å². The van der Waals surface area contributed by atoms with E-state index in [1.807, 2.05) is 0 Å². The second kappa shape index (κ2) is 4.01. The van der Waals surface area contributed by atoms with E-state index < -0.39 is 11.7 Å². The van der Waals surface area contributed by atoms with Gasteiger partial charge in [0.1, 0.15) is 0 Å². The van der Waals surface area contributed by atoms with Gasteiger partial charge in [-0.1, -0.05) is 23.4 Å². The fourth-order valence-corrected chi connectivity index (χ4v) is 1.36. The Morgan fingerprint density at radius 2 is 2.31 bits per heavy atom. The van der Waals surface area contributed by atoms with Gasteiger partial charge in [-0.05, 0) is 11.6 Å². The average Bonchev–Trinajstić information content (AvgIpc) is 2.64. The molecule has 82 valence electrons. The van der Waals surface area contributed by atoms with Crippen LogP contribution in [0.15, 0.2) is 33.6 Å². The number of aliphatic carboxylic acids is 1. The Kier molecular flexibility index (Phi) is 2.55. The fraction of sp³-hybridized carbons (Fsp3) is 0.100. The Morgan fingerprint density at radius 1 is 1.50 bits per heavy atom. The van der Waals surface area contributed by atoms with Crippen molar-refractivity contribution in [3.05, 3.63) is 40.4 Å². The first-order valence-corrected chi connectivity index (χ1v) is 4.52. The minimum atomic E-state index is -0.911. The minimum absolute atomic E-state index is 0.0735. The summed E-state index contributed by atoms with van der Waals surface area (Å²) < 4.78 is 4.36. The van der Waals surface area contributed by atoms with Crippen molar-refractivity contribution in [2.75, 3.05) is 0 Å². The molecule has 0 aliphatic heterocycles. The largest absolute Gasteiger partial charge is 0.481 e. The van der Waals surface area contributed by atoms with E-state index in [2.05, 4.69) is 14.7 Å². The third kappa shape index (κ3) is 2.17. The number of nitrogens with zero attached hydrogens (tertiary/aromatic N) is 1. The van der Waals surface area contributed by atoms with E-state index in [0.29, 0.717) is 11.1 Å². The van der Waals surface area contributed by atoms with Crippen LogP contribution in [0.2, 0.25) is 0 Å². The van der Waals surface area contributed by atoms with Gasteiger partial charge >= 0.3 is 11.7 Å². The maximum absolute atomic E-state index is 10.7. The third-order valence-corrected chi connectivity index (χ3v) is 2.00. The predicted molar refractivity (Wildman–Crippen MR) is 53.9 cm³/mol. The molecule has 0 bridgehead atoms. The fourth-order valence-electron chi connectivity index (χ4n) is 1.36. The highest BCUT2D eigenvalue weighted by molar-refractivity contribution is 5.71. The number of benzene rings is 1. The molecule has 0 aliphatic carbocycles. The van der Waals surface area contributed by atoms with E-state index in [1.54, 1.807) is 24.3 Å². The van der Waals surface area contributed by atoms with E-state index >= 15 is 0 Å². The molecule has 0 saturated heterocycles. The van der Waals surface area contributed by atoms with Crippen molar-refractivity contribution in [3.8, 4) is 11.4 Å². The maximum Gasteiger partial charge on any atom is 0.439 e. The first kappa shape index (κ1) is 10.2. The molecule has 16 heavy (non-hydrogen) atoms. The molecule has 0 atom stereocenters.